The zero-order chi connectivity index (χ0) is 12.7. The van der Waals surface area contributed by atoms with Crippen LogP contribution in [0.4, 0.5) is 0 Å². The molecule has 0 saturated heterocycles. The molecule has 0 aliphatic heterocycles. The van der Waals surface area contributed by atoms with Gasteiger partial charge in [-0.15, -0.1) is 5.10 Å². The van der Waals surface area contributed by atoms with Gasteiger partial charge in [-0.05, 0) is 29.5 Å². The van der Waals surface area contributed by atoms with Crippen LogP contribution in [0.3, 0.4) is 0 Å². The number of rotatable bonds is 4. The third kappa shape index (κ3) is 4.36. The normalized spacial score (nSPS) is 12.0. The van der Waals surface area contributed by atoms with Gasteiger partial charge in [0.25, 0.3) is 0 Å². The third-order valence-electron chi connectivity index (χ3n) is 1.86. The summed E-state index contributed by atoms with van der Waals surface area (Å²) in [6, 6.07) is 4.91. The van der Waals surface area contributed by atoms with Crippen LogP contribution in [0.5, 0.6) is 11.5 Å². The lowest BCUT2D eigenvalue weighted by atomic mass is 10.2. The van der Waals surface area contributed by atoms with Crippen LogP contribution in [0.25, 0.3) is 0 Å². The molecule has 0 saturated carbocycles. The molecule has 0 fully saturated rings. The number of benzene rings is 1. The molecular weight excluding hydrogens is 238 g/mol. The number of nitrogens with two attached hydrogens (primary N) is 1. The first-order valence-corrected chi connectivity index (χ1v) is 6.02. The summed E-state index contributed by atoms with van der Waals surface area (Å²) in [6.07, 6.45) is 1.55. The van der Waals surface area contributed by atoms with Crippen molar-refractivity contribution in [2.45, 2.75) is 6.92 Å². The van der Waals surface area contributed by atoms with Gasteiger partial charge < -0.3 is 15.6 Å². The number of ether oxygens (including phenoxy) is 1. The Hall–Kier alpha value is -1.69. The SMILES string of the molecule is CCSC(N)=N/N=C\c1ccc(O)c(OC)c1. The Bertz CT molecular complexity index is 433. The minimum Gasteiger partial charge on any atom is -0.504 e. The van der Waals surface area contributed by atoms with Crippen LogP contribution < -0.4 is 10.5 Å². The van der Waals surface area contributed by atoms with E-state index in [1.54, 1.807) is 18.3 Å². The molecular formula is C11H15N3O2S. The highest BCUT2D eigenvalue weighted by molar-refractivity contribution is 8.13. The van der Waals surface area contributed by atoms with Crippen molar-refractivity contribution in [3.63, 3.8) is 0 Å². The number of aromatic hydroxyl groups is 1. The predicted molar refractivity (Wildman–Crippen MR) is 72.0 cm³/mol. The molecule has 0 aliphatic rings. The zero-order valence-electron chi connectivity index (χ0n) is 9.75. The molecule has 0 aromatic heterocycles. The van der Waals surface area contributed by atoms with Gasteiger partial charge in [0.2, 0.25) is 0 Å². The van der Waals surface area contributed by atoms with Crippen LogP contribution in [-0.4, -0.2) is 29.4 Å². The van der Waals surface area contributed by atoms with Crippen molar-refractivity contribution in [2.24, 2.45) is 15.9 Å². The summed E-state index contributed by atoms with van der Waals surface area (Å²) >= 11 is 1.43. The standard InChI is InChI=1S/C11H15N3O2S/c1-3-17-11(12)14-13-7-8-4-5-9(15)10(6-8)16-2/h4-7,15H,3H2,1-2H3,(H2,12,14)/b13-7-. The molecule has 92 valence electrons. The molecule has 0 radical (unpaired) electrons. The summed E-state index contributed by atoms with van der Waals surface area (Å²) in [5, 5.41) is 17.5. The number of phenolic OH excluding ortho intramolecular Hbond substituents is 1. The molecule has 0 atom stereocenters. The van der Waals surface area contributed by atoms with E-state index in [4.69, 9.17) is 10.5 Å². The fourth-order valence-electron chi connectivity index (χ4n) is 1.10. The number of hydrogen-bond acceptors (Lipinski definition) is 5. The molecule has 0 aliphatic carbocycles. The number of hydrogen-bond donors (Lipinski definition) is 2. The lowest BCUT2D eigenvalue weighted by Crippen LogP contribution is -2.05. The van der Waals surface area contributed by atoms with Crippen LogP contribution in [0.2, 0.25) is 0 Å². The van der Waals surface area contributed by atoms with Crippen LogP contribution in [0, 0.1) is 0 Å². The highest BCUT2D eigenvalue weighted by Crippen LogP contribution is 2.25. The summed E-state index contributed by atoms with van der Waals surface area (Å²) in [6.45, 7) is 1.99. The van der Waals surface area contributed by atoms with Crippen molar-refractivity contribution in [3.05, 3.63) is 23.8 Å². The van der Waals surface area contributed by atoms with Crippen LogP contribution in [0.1, 0.15) is 12.5 Å². The van der Waals surface area contributed by atoms with E-state index >= 15 is 0 Å². The molecule has 0 bridgehead atoms. The van der Waals surface area contributed by atoms with Crippen molar-refractivity contribution in [2.75, 3.05) is 12.9 Å². The lowest BCUT2D eigenvalue weighted by Gasteiger charge is -2.02. The highest BCUT2D eigenvalue weighted by atomic mass is 32.2. The number of methoxy groups -OCH3 is 1. The van der Waals surface area contributed by atoms with Crippen LogP contribution in [-0.2, 0) is 0 Å². The molecule has 3 N–H and O–H groups in total. The highest BCUT2D eigenvalue weighted by Gasteiger charge is 2.00. The first-order valence-electron chi connectivity index (χ1n) is 5.03. The minimum absolute atomic E-state index is 0.0919. The number of thioether (sulfide) groups is 1. The van der Waals surface area contributed by atoms with Gasteiger partial charge in [-0.3, -0.25) is 0 Å². The van der Waals surface area contributed by atoms with E-state index in [-0.39, 0.29) is 5.75 Å². The second kappa shape index (κ2) is 6.80. The maximum absolute atomic E-state index is 9.40. The maximum Gasteiger partial charge on any atom is 0.180 e. The van der Waals surface area contributed by atoms with E-state index in [1.807, 2.05) is 6.92 Å². The smallest absolute Gasteiger partial charge is 0.180 e. The summed E-state index contributed by atoms with van der Waals surface area (Å²) in [4.78, 5) is 0. The maximum atomic E-state index is 9.40. The predicted octanol–water partition coefficient (Wildman–Crippen LogP) is 1.80. The van der Waals surface area contributed by atoms with Gasteiger partial charge in [-0.2, -0.15) is 5.10 Å². The van der Waals surface area contributed by atoms with Crippen molar-refractivity contribution < 1.29 is 9.84 Å². The van der Waals surface area contributed by atoms with Crippen molar-refractivity contribution in [3.8, 4) is 11.5 Å². The first kappa shape index (κ1) is 13.4. The number of amidine groups is 1. The molecule has 17 heavy (non-hydrogen) atoms. The summed E-state index contributed by atoms with van der Waals surface area (Å²) in [5.41, 5.74) is 6.34. The van der Waals surface area contributed by atoms with Gasteiger partial charge in [0, 0.05) is 0 Å². The Balaban J connectivity index is 2.75. The minimum atomic E-state index is 0.0919. The molecule has 0 amide bonds. The summed E-state index contributed by atoms with van der Waals surface area (Å²) in [7, 11) is 1.49. The van der Waals surface area contributed by atoms with Gasteiger partial charge in [-0.25, -0.2) is 0 Å². The third-order valence-corrected chi connectivity index (χ3v) is 2.53. The number of nitrogens with zero attached hydrogens (tertiary/aromatic N) is 2. The quantitative estimate of drug-likeness (QED) is 0.487. The van der Waals surface area contributed by atoms with E-state index in [0.29, 0.717) is 10.9 Å². The Kier molecular flexibility index (Phi) is 5.35. The van der Waals surface area contributed by atoms with Crippen molar-refractivity contribution in [1.82, 2.24) is 0 Å². The molecule has 0 spiro atoms. The monoisotopic (exact) mass is 253 g/mol. The first-order chi connectivity index (χ1) is 8.17. The Morgan fingerprint density at radius 3 is 3.00 bits per heavy atom. The largest absolute Gasteiger partial charge is 0.504 e. The molecule has 5 nitrogen and oxygen atoms in total. The fourth-order valence-corrected chi connectivity index (χ4v) is 1.50. The van der Waals surface area contributed by atoms with Crippen molar-refractivity contribution in [1.29, 1.82) is 0 Å². The summed E-state index contributed by atoms with van der Waals surface area (Å²) < 4.78 is 4.98. The van der Waals surface area contributed by atoms with Crippen LogP contribution in [0.15, 0.2) is 28.4 Å². The van der Waals surface area contributed by atoms with E-state index in [1.165, 1.54) is 24.9 Å². The fraction of sp³-hybridized carbons (Fsp3) is 0.273. The van der Waals surface area contributed by atoms with Gasteiger partial charge in [0.05, 0.1) is 13.3 Å². The summed E-state index contributed by atoms with van der Waals surface area (Å²) in [5.74, 6) is 1.35. The molecule has 0 heterocycles. The average molecular weight is 253 g/mol. The molecule has 0 unspecified atom stereocenters. The zero-order valence-corrected chi connectivity index (χ0v) is 10.6. The van der Waals surface area contributed by atoms with Crippen LogP contribution >= 0.6 is 11.8 Å². The van der Waals surface area contributed by atoms with E-state index in [2.05, 4.69) is 10.2 Å². The van der Waals surface area contributed by atoms with E-state index < -0.39 is 0 Å². The Morgan fingerprint density at radius 1 is 1.59 bits per heavy atom. The van der Waals surface area contributed by atoms with Gasteiger partial charge in [-0.1, -0.05) is 18.7 Å². The van der Waals surface area contributed by atoms with Gasteiger partial charge >= 0.3 is 0 Å². The lowest BCUT2D eigenvalue weighted by molar-refractivity contribution is 0.373. The molecule has 1 aromatic rings. The Labute approximate surface area is 104 Å². The topological polar surface area (TPSA) is 80.2 Å². The molecule has 1 rings (SSSR count). The second-order valence-corrected chi connectivity index (χ2v) is 4.33. The Morgan fingerprint density at radius 2 is 2.35 bits per heavy atom. The van der Waals surface area contributed by atoms with E-state index in [9.17, 15) is 5.11 Å². The second-order valence-electron chi connectivity index (χ2n) is 3.05. The average Bonchev–Trinajstić information content (AvgIpc) is 2.31. The van der Waals surface area contributed by atoms with E-state index in [0.717, 1.165) is 11.3 Å². The molecule has 1 aromatic carbocycles. The number of phenols is 1. The van der Waals surface area contributed by atoms with Gasteiger partial charge in [0.15, 0.2) is 16.7 Å². The molecule has 6 heteroatoms. The van der Waals surface area contributed by atoms with Crippen molar-refractivity contribution >= 4 is 23.1 Å². The van der Waals surface area contributed by atoms with Gasteiger partial charge in [0.1, 0.15) is 0 Å².